The molecule has 1 atom stereocenters. The molecule has 158 valence electrons. The molecular weight excluding hydrogens is 382 g/mol. The fourth-order valence-corrected chi connectivity index (χ4v) is 3.10. The molecule has 2 aromatic carbocycles. The number of aromatic nitrogens is 1. The number of nitrogens with zero attached hydrogens (tertiary/aromatic N) is 2. The zero-order valence-electron chi connectivity index (χ0n) is 17.7. The van der Waals surface area contributed by atoms with E-state index in [-0.39, 0.29) is 17.6 Å². The van der Waals surface area contributed by atoms with Gasteiger partial charge in [0.1, 0.15) is 11.5 Å². The van der Waals surface area contributed by atoms with Gasteiger partial charge >= 0.3 is 0 Å². The summed E-state index contributed by atoms with van der Waals surface area (Å²) in [5.41, 5.74) is 2.15. The summed E-state index contributed by atoms with van der Waals surface area (Å²) in [6.07, 6.45) is 0. The van der Waals surface area contributed by atoms with Gasteiger partial charge in [0.15, 0.2) is 11.5 Å². The molecule has 0 aliphatic heterocycles. The zero-order chi connectivity index (χ0) is 21.5. The van der Waals surface area contributed by atoms with E-state index in [9.17, 15) is 4.79 Å². The first kappa shape index (κ1) is 21.4. The summed E-state index contributed by atoms with van der Waals surface area (Å²) in [6.45, 7) is 2.98. The van der Waals surface area contributed by atoms with Crippen LogP contribution in [0.1, 0.15) is 29.0 Å². The maximum Gasteiger partial charge on any atom is 0.273 e. The lowest BCUT2D eigenvalue weighted by atomic mass is 10.1. The zero-order valence-corrected chi connectivity index (χ0v) is 17.7. The number of carbonyl (C=O) groups excluding carboxylic acids is 1. The summed E-state index contributed by atoms with van der Waals surface area (Å²) >= 11 is 0. The van der Waals surface area contributed by atoms with Gasteiger partial charge in [-0.2, -0.15) is 0 Å². The van der Waals surface area contributed by atoms with Gasteiger partial charge in [0.25, 0.3) is 5.91 Å². The Balaban J connectivity index is 1.65. The van der Waals surface area contributed by atoms with Crippen molar-refractivity contribution in [1.29, 1.82) is 0 Å². The second-order valence-electron chi connectivity index (χ2n) is 7.00. The van der Waals surface area contributed by atoms with Gasteiger partial charge < -0.3 is 24.2 Å². The summed E-state index contributed by atoms with van der Waals surface area (Å²) in [4.78, 5) is 14.6. The van der Waals surface area contributed by atoms with Crippen molar-refractivity contribution in [2.75, 3.05) is 34.4 Å². The van der Waals surface area contributed by atoms with Crippen molar-refractivity contribution in [3.8, 4) is 22.8 Å². The van der Waals surface area contributed by atoms with Crippen LogP contribution in [0.3, 0.4) is 0 Å². The highest BCUT2D eigenvalue weighted by molar-refractivity contribution is 5.93. The van der Waals surface area contributed by atoms with Crippen molar-refractivity contribution in [2.45, 2.75) is 13.0 Å². The Morgan fingerprint density at radius 2 is 1.77 bits per heavy atom. The number of rotatable bonds is 9. The molecule has 1 N–H and O–H groups in total. The molecule has 0 fully saturated rings. The van der Waals surface area contributed by atoms with Gasteiger partial charge in [0, 0.05) is 18.2 Å². The van der Waals surface area contributed by atoms with Crippen LogP contribution >= 0.6 is 0 Å². The molecule has 0 aliphatic carbocycles. The molecule has 30 heavy (non-hydrogen) atoms. The van der Waals surface area contributed by atoms with Crippen LogP contribution in [-0.2, 0) is 0 Å². The molecule has 3 aromatic rings. The van der Waals surface area contributed by atoms with Gasteiger partial charge in [-0.1, -0.05) is 17.3 Å². The van der Waals surface area contributed by atoms with Crippen molar-refractivity contribution in [3.05, 3.63) is 65.9 Å². The molecule has 0 saturated carbocycles. The third-order valence-electron chi connectivity index (χ3n) is 4.77. The Hall–Kier alpha value is -3.32. The van der Waals surface area contributed by atoms with Gasteiger partial charge in [-0.15, -0.1) is 0 Å². The van der Waals surface area contributed by atoms with Gasteiger partial charge in [0.2, 0.25) is 0 Å². The topological polar surface area (TPSA) is 76.8 Å². The van der Waals surface area contributed by atoms with Crippen molar-refractivity contribution in [1.82, 2.24) is 15.4 Å². The smallest absolute Gasteiger partial charge is 0.273 e. The van der Waals surface area contributed by atoms with E-state index in [4.69, 9.17) is 14.0 Å². The van der Waals surface area contributed by atoms with E-state index in [0.29, 0.717) is 18.9 Å². The first-order chi connectivity index (χ1) is 14.5. The standard InChI is InChI=1S/C23H27N3O4/c1-5-29-19-12-8-17(9-13-19)22-14-20(25-30-22)23(27)24-15-21(26(2)3)16-6-10-18(28-4)11-7-16/h6-14,21H,5,15H2,1-4H3,(H,24,27). The number of nitrogens with one attached hydrogen (secondary N) is 1. The maximum atomic E-state index is 12.6. The molecule has 0 radical (unpaired) electrons. The second kappa shape index (κ2) is 9.93. The van der Waals surface area contributed by atoms with E-state index in [1.165, 1.54) is 0 Å². The van der Waals surface area contributed by atoms with E-state index in [2.05, 4.69) is 15.4 Å². The highest BCUT2D eigenvalue weighted by atomic mass is 16.5. The van der Waals surface area contributed by atoms with Crippen molar-refractivity contribution >= 4 is 5.91 Å². The second-order valence-corrected chi connectivity index (χ2v) is 7.00. The molecule has 1 heterocycles. The molecule has 0 saturated heterocycles. The van der Waals surface area contributed by atoms with Gasteiger partial charge in [-0.25, -0.2) is 0 Å². The molecule has 1 aromatic heterocycles. The lowest BCUT2D eigenvalue weighted by Crippen LogP contribution is -2.34. The highest BCUT2D eigenvalue weighted by Crippen LogP contribution is 2.24. The van der Waals surface area contributed by atoms with Gasteiger partial charge in [0.05, 0.1) is 19.8 Å². The lowest BCUT2D eigenvalue weighted by Gasteiger charge is -2.25. The number of likely N-dealkylation sites (N-methyl/N-ethyl adjacent to an activating group) is 1. The largest absolute Gasteiger partial charge is 0.497 e. The average Bonchev–Trinajstić information content (AvgIpc) is 3.25. The molecule has 0 aliphatic rings. The number of ether oxygens (including phenoxy) is 2. The molecular formula is C23H27N3O4. The maximum absolute atomic E-state index is 12.6. The Kier molecular flexibility index (Phi) is 7.08. The first-order valence-corrected chi connectivity index (χ1v) is 9.80. The number of carbonyl (C=O) groups is 1. The van der Waals surface area contributed by atoms with E-state index in [0.717, 1.165) is 22.6 Å². The Bertz CT molecular complexity index is 949. The van der Waals surface area contributed by atoms with Crippen LogP contribution in [0.4, 0.5) is 0 Å². The summed E-state index contributed by atoms with van der Waals surface area (Å²) in [5, 5.41) is 6.86. The first-order valence-electron chi connectivity index (χ1n) is 9.80. The van der Waals surface area contributed by atoms with E-state index in [1.54, 1.807) is 13.2 Å². The molecule has 0 bridgehead atoms. The van der Waals surface area contributed by atoms with Crippen LogP contribution in [0.25, 0.3) is 11.3 Å². The predicted octanol–water partition coefficient (Wildman–Crippen LogP) is 3.78. The van der Waals surface area contributed by atoms with Crippen molar-refractivity contribution in [3.63, 3.8) is 0 Å². The highest BCUT2D eigenvalue weighted by Gasteiger charge is 2.18. The van der Waals surface area contributed by atoms with E-state index >= 15 is 0 Å². The van der Waals surface area contributed by atoms with Gasteiger partial charge in [-0.3, -0.25) is 4.79 Å². The predicted molar refractivity (Wildman–Crippen MR) is 115 cm³/mol. The third-order valence-corrected chi connectivity index (χ3v) is 4.77. The van der Waals surface area contributed by atoms with E-state index < -0.39 is 0 Å². The van der Waals surface area contributed by atoms with Crippen LogP contribution in [0.5, 0.6) is 11.5 Å². The number of methoxy groups -OCH3 is 1. The van der Waals surface area contributed by atoms with Gasteiger partial charge in [-0.05, 0) is 63.0 Å². The quantitative estimate of drug-likeness (QED) is 0.580. The minimum Gasteiger partial charge on any atom is -0.497 e. The Morgan fingerprint density at radius 1 is 1.10 bits per heavy atom. The molecule has 7 nitrogen and oxygen atoms in total. The fourth-order valence-electron chi connectivity index (χ4n) is 3.10. The monoisotopic (exact) mass is 409 g/mol. The molecule has 0 spiro atoms. The van der Waals surface area contributed by atoms with Crippen LogP contribution < -0.4 is 14.8 Å². The molecule has 7 heteroatoms. The number of hydrogen-bond donors (Lipinski definition) is 1. The SMILES string of the molecule is CCOc1ccc(-c2cc(C(=O)NCC(c3ccc(OC)cc3)N(C)C)no2)cc1. The average molecular weight is 409 g/mol. The number of hydrogen-bond acceptors (Lipinski definition) is 6. The minimum absolute atomic E-state index is 0.0114. The summed E-state index contributed by atoms with van der Waals surface area (Å²) < 4.78 is 16.0. The minimum atomic E-state index is -0.281. The third kappa shape index (κ3) is 5.18. The molecule has 1 unspecified atom stereocenters. The summed E-state index contributed by atoms with van der Waals surface area (Å²) in [6, 6.07) is 16.9. The van der Waals surface area contributed by atoms with Crippen molar-refractivity contribution < 1.29 is 18.8 Å². The fraction of sp³-hybridized carbons (Fsp3) is 0.304. The van der Waals surface area contributed by atoms with Crippen LogP contribution in [0.15, 0.2) is 59.1 Å². The van der Waals surface area contributed by atoms with Crippen LogP contribution in [0, 0.1) is 0 Å². The number of amides is 1. The molecule has 3 rings (SSSR count). The summed E-state index contributed by atoms with van der Waals surface area (Å²) in [5.74, 6) is 1.83. The van der Waals surface area contributed by atoms with E-state index in [1.807, 2.05) is 69.6 Å². The van der Waals surface area contributed by atoms with Crippen LogP contribution in [-0.4, -0.2) is 50.3 Å². The Morgan fingerprint density at radius 3 is 2.37 bits per heavy atom. The number of benzene rings is 2. The van der Waals surface area contributed by atoms with Crippen molar-refractivity contribution in [2.24, 2.45) is 0 Å². The lowest BCUT2D eigenvalue weighted by molar-refractivity contribution is 0.0933. The normalized spacial score (nSPS) is 11.9. The molecule has 1 amide bonds. The Labute approximate surface area is 176 Å². The summed E-state index contributed by atoms with van der Waals surface area (Å²) in [7, 11) is 5.58. The van der Waals surface area contributed by atoms with Crippen LogP contribution in [0.2, 0.25) is 0 Å².